The van der Waals surface area contributed by atoms with Crippen LogP contribution in [0.15, 0.2) is 53.4 Å². The van der Waals surface area contributed by atoms with E-state index in [0.717, 1.165) is 45.3 Å². The van der Waals surface area contributed by atoms with Crippen molar-refractivity contribution >= 4 is 10.0 Å². The van der Waals surface area contributed by atoms with Crippen molar-refractivity contribution < 1.29 is 8.42 Å². The minimum atomic E-state index is -3.41. The first-order chi connectivity index (χ1) is 12.6. The number of rotatable bonds is 8. The van der Waals surface area contributed by atoms with Gasteiger partial charge in [-0.25, -0.2) is 13.1 Å². The van der Waals surface area contributed by atoms with Crippen LogP contribution in [-0.4, -0.2) is 33.0 Å². The van der Waals surface area contributed by atoms with Crippen LogP contribution in [0.5, 0.6) is 0 Å². The number of fused-ring (bicyclic) bond motifs is 1. The van der Waals surface area contributed by atoms with Crippen LogP contribution in [0.3, 0.4) is 0 Å². The Morgan fingerprint density at radius 3 is 2.50 bits per heavy atom. The molecule has 0 saturated heterocycles. The van der Waals surface area contributed by atoms with Crippen molar-refractivity contribution in [1.29, 1.82) is 0 Å². The predicted molar refractivity (Wildman–Crippen MR) is 106 cm³/mol. The third kappa shape index (κ3) is 4.93. The summed E-state index contributed by atoms with van der Waals surface area (Å²) in [6.45, 7) is 5.50. The average molecular weight is 373 g/mol. The zero-order valence-corrected chi connectivity index (χ0v) is 16.3. The van der Waals surface area contributed by atoms with E-state index in [2.05, 4.69) is 40.8 Å². The quantitative estimate of drug-likeness (QED) is 0.723. The molecule has 1 aliphatic rings. The maximum Gasteiger partial charge on any atom is 0.240 e. The van der Waals surface area contributed by atoms with Crippen LogP contribution in [0.25, 0.3) is 0 Å². The number of sulfonamides is 1. The summed E-state index contributed by atoms with van der Waals surface area (Å²) in [5, 5.41) is 0. The van der Waals surface area contributed by atoms with Gasteiger partial charge in [-0.1, -0.05) is 49.7 Å². The number of hydrogen-bond acceptors (Lipinski definition) is 3. The van der Waals surface area contributed by atoms with Crippen LogP contribution in [0.2, 0.25) is 0 Å². The molecule has 5 heteroatoms. The minimum Gasteiger partial charge on any atom is -0.299 e. The highest BCUT2D eigenvalue weighted by Gasteiger charge is 2.16. The minimum absolute atomic E-state index is 0.351. The fourth-order valence-electron chi connectivity index (χ4n) is 3.46. The van der Waals surface area contributed by atoms with Crippen molar-refractivity contribution in [3.8, 4) is 0 Å². The highest BCUT2D eigenvalue weighted by molar-refractivity contribution is 7.89. The maximum absolute atomic E-state index is 12.4. The van der Waals surface area contributed by atoms with E-state index in [0.29, 0.717) is 11.4 Å². The molecule has 26 heavy (non-hydrogen) atoms. The molecule has 140 valence electrons. The molecule has 0 aliphatic carbocycles. The second-order valence-corrected chi connectivity index (χ2v) is 8.71. The van der Waals surface area contributed by atoms with Crippen molar-refractivity contribution in [3.63, 3.8) is 0 Å². The average Bonchev–Trinajstić information content (AvgIpc) is 2.66. The predicted octanol–water partition coefficient (Wildman–Crippen LogP) is 3.37. The summed E-state index contributed by atoms with van der Waals surface area (Å²) in [5.41, 5.74) is 4.01. The molecule has 2 aromatic carbocycles. The van der Waals surface area contributed by atoms with Gasteiger partial charge < -0.3 is 0 Å². The van der Waals surface area contributed by atoms with Gasteiger partial charge in [-0.15, -0.1) is 0 Å². The third-order valence-electron chi connectivity index (χ3n) is 4.93. The van der Waals surface area contributed by atoms with Crippen LogP contribution in [-0.2, 0) is 29.4 Å². The Morgan fingerprint density at radius 2 is 1.77 bits per heavy atom. The molecule has 1 heterocycles. The topological polar surface area (TPSA) is 49.4 Å². The van der Waals surface area contributed by atoms with E-state index in [9.17, 15) is 8.42 Å². The van der Waals surface area contributed by atoms with E-state index in [4.69, 9.17) is 0 Å². The summed E-state index contributed by atoms with van der Waals surface area (Å²) >= 11 is 0. The molecule has 1 aliphatic heterocycles. The Balaban J connectivity index is 1.45. The van der Waals surface area contributed by atoms with Gasteiger partial charge in [0.2, 0.25) is 10.0 Å². The third-order valence-corrected chi connectivity index (χ3v) is 6.40. The van der Waals surface area contributed by atoms with Crippen LogP contribution in [0.4, 0.5) is 0 Å². The number of aryl methyl sites for hydroxylation is 1. The fraction of sp³-hybridized carbons (Fsp3) is 0.429. The molecule has 0 spiro atoms. The first-order valence-corrected chi connectivity index (χ1v) is 10.9. The van der Waals surface area contributed by atoms with Gasteiger partial charge in [0.25, 0.3) is 0 Å². The Kier molecular flexibility index (Phi) is 6.46. The standard InChI is InChI=1S/C21H28N2O2S/c1-2-6-18-9-11-21(12-10-18)26(24,25)22-14-5-15-23-16-13-19-7-3-4-8-20(19)17-23/h3-4,7-12,22H,2,5-6,13-17H2,1H3. The molecule has 0 fully saturated rings. The van der Waals surface area contributed by atoms with Gasteiger partial charge in [-0.3, -0.25) is 4.90 Å². The van der Waals surface area contributed by atoms with E-state index in [1.807, 2.05) is 12.1 Å². The fourth-order valence-corrected chi connectivity index (χ4v) is 4.54. The van der Waals surface area contributed by atoms with E-state index in [1.165, 1.54) is 16.7 Å². The Labute approximate surface area is 157 Å². The highest BCUT2D eigenvalue weighted by atomic mass is 32.2. The molecule has 3 rings (SSSR count). The molecule has 0 atom stereocenters. The zero-order valence-electron chi connectivity index (χ0n) is 15.4. The van der Waals surface area contributed by atoms with E-state index < -0.39 is 10.0 Å². The molecule has 0 aromatic heterocycles. The number of benzene rings is 2. The summed E-state index contributed by atoms with van der Waals surface area (Å²) in [4.78, 5) is 2.75. The lowest BCUT2D eigenvalue weighted by Crippen LogP contribution is -2.33. The molecule has 0 unspecified atom stereocenters. The molecule has 0 radical (unpaired) electrons. The first-order valence-electron chi connectivity index (χ1n) is 9.46. The SMILES string of the molecule is CCCc1ccc(S(=O)(=O)NCCCN2CCc3ccccc3C2)cc1. The monoisotopic (exact) mass is 372 g/mol. The lowest BCUT2D eigenvalue weighted by Gasteiger charge is -2.28. The van der Waals surface area contributed by atoms with Crippen LogP contribution >= 0.6 is 0 Å². The smallest absolute Gasteiger partial charge is 0.240 e. The summed E-state index contributed by atoms with van der Waals surface area (Å²) < 4.78 is 27.5. The van der Waals surface area contributed by atoms with Crippen molar-refractivity contribution in [1.82, 2.24) is 9.62 Å². The number of nitrogens with one attached hydrogen (secondary N) is 1. The summed E-state index contributed by atoms with van der Waals surface area (Å²) in [6, 6.07) is 15.8. The van der Waals surface area contributed by atoms with Crippen LogP contribution < -0.4 is 4.72 Å². The van der Waals surface area contributed by atoms with Crippen molar-refractivity contribution in [3.05, 3.63) is 65.2 Å². The molecular weight excluding hydrogens is 344 g/mol. The second-order valence-electron chi connectivity index (χ2n) is 6.94. The lowest BCUT2D eigenvalue weighted by molar-refractivity contribution is 0.251. The summed E-state index contributed by atoms with van der Waals surface area (Å²) in [6.07, 6.45) is 3.93. The Hall–Kier alpha value is -1.69. The van der Waals surface area contributed by atoms with E-state index in [-0.39, 0.29) is 0 Å². The van der Waals surface area contributed by atoms with Crippen LogP contribution in [0, 0.1) is 0 Å². The molecule has 0 amide bonds. The molecule has 4 nitrogen and oxygen atoms in total. The van der Waals surface area contributed by atoms with Crippen molar-refractivity contribution in [2.45, 2.75) is 44.0 Å². The molecule has 0 saturated carbocycles. The Morgan fingerprint density at radius 1 is 1.04 bits per heavy atom. The molecule has 2 aromatic rings. The van der Waals surface area contributed by atoms with E-state index in [1.54, 1.807) is 12.1 Å². The zero-order chi connectivity index (χ0) is 18.4. The molecule has 0 bridgehead atoms. The second kappa shape index (κ2) is 8.80. The normalized spacial score (nSPS) is 15.0. The van der Waals surface area contributed by atoms with Gasteiger partial charge >= 0.3 is 0 Å². The number of nitrogens with zero attached hydrogens (tertiary/aromatic N) is 1. The van der Waals surface area contributed by atoms with Gasteiger partial charge in [-0.2, -0.15) is 0 Å². The summed E-state index contributed by atoms with van der Waals surface area (Å²) in [5.74, 6) is 0. The van der Waals surface area contributed by atoms with Crippen molar-refractivity contribution in [2.75, 3.05) is 19.6 Å². The van der Waals surface area contributed by atoms with E-state index >= 15 is 0 Å². The molecular formula is C21H28N2O2S. The molecule has 1 N–H and O–H groups in total. The highest BCUT2D eigenvalue weighted by Crippen LogP contribution is 2.18. The number of hydrogen-bond donors (Lipinski definition) is 1. The van der Waals surface area contributed by atoms with Crippen molar-refractivity contribution in [2.24, 2.45) is 0 Å². The Bertz CT molecular complexity index is 816. The largest absolute Gasteiger partial charge is 0.299 e. The van der Waals surface area contributed by atoms with Gasteiger partial charge in [0.15, 0.2) is 0 Å². The lowest BCUT2D eigenvalue weighted by atomic mass is 10.00. The maximum atomic E-state index is 12.4. The van der Waals surface area contributed by atoms with Gasteiger partial charge in [0, 0.05) is 19.6 Å². The first kappa shape index (κ1) is 19.1. The van der Waals surface area contributed by atoms with Gasteiger partial charge in [0.05, 0.1) is 4.90 Å². The summed E-state index contributed by atoms with van der Waals surface area (Å²) in [7, 11) is -3.41. The van der Waals surface area contributed by atoms with Crippen LogP contribution in [0.1, 0.15) is 36.5 Å². The van der Waals surface area contributed by atoms with Gasteiger partial charge in [0.1, 0.15) is 0 Å². The van der Waals surface area contributed by atoms with Gasteiger partial charge in [-0.05, 0) is 54.6 Å².